The van der Waals surface area contributed by atoms with E-state index < -0.39 is 0 Å². The van der Waals surface area contributed by atoms with Crippen molar-refractivity contribution in [2.75, 3.05) is 20.3 Å². The lowest BCUT2D eigenvalue weighted by molar-refractivity contribution is 0.188. The lowest BCUT2D eigenvalue weighted by Gasteiger charge is -2.02. The second-order valence-electron chi connectivity index (χ2n) is 2.70. The third-order valence-corrected chi connectivity index (χ3v) is 1.69. The first-order valence-corrected chi connectivity index (χ1v) is 4.32. The van der Waals surface area contributed by atoms with E-state index in [0.717, 1.165) is 31.8 Å². The Kier molecular flexibility index (Phi) is 4.34. The third-order valence-electron chi connectivity index (χ3n) is 1.69. The van der Waals surface area contributed by atoms with Crippen LogP contribution in [0.2, 0.25) is 0 Å². The summed E-state index contributed by atoms with van der Waals surface area (Å²) in [5.41, 5.74) is 5.41. The molecule has 0 fully saturated rings. The lowest BCUT2D eigenvalue weighted by atomic mass is 10.4. The Balaban J connectivity index is 2.40. The Morgan fingerprint density at radius 2 is 2.38 bits per heavy atom. The molecule has 0 aromatic carbocycles. The van der Waals surface area contributed by atoms with Crippen LogP contribution in [0.5, 0.6) is 0 Å². The fourth-order valence-electron chi connectivity index (χ4n) is 1.06. The first-order chi connectivity index (χ1) is 6.38. The number of hydrogen-bond donors (Lipinski definition) is 1. The molecular weight excluding hydrogens is 170 g/mol. The molecule has 6 heteroatoms. The molecule has 0 unspecified atom stereocenters. The van der Waals surface area contributed by atoms with Gasteiger partial charge in [-0.1, -0.05) is 0 Å². The van der Waals surface area contributed by atoms with Crippen molar-refractivity contribution in [1.29, 1.82) is 0 Å². The highest BCUT2D eigenvalue weighted by Crippen LogP contribution is 1.94. The molecule has 6 nitrogen and oxygen atoms in total. The number of aromatic nitrogens is 4. The van der Waals surface area contributed by atoms with E-state index in [-0.39, 0.29) is 0 Å². The van der Waals surface area contributed by atoms with Gasteiger partial charge in [0.1, 0.15) is 0 Å². The highest BCUT2D eigenvalue weighted by Gasteiger charge is 2.03. The molecule has 0 aliphatic heterocycles. The van der Waals surface area contributed by atoms with Gasteiger partial charge in [0.25, 0.3) is 0 Å². The minimum atomic E-state index is 0.574. The largest absolute Gasteiger partial charge is 0.385 e. The number of nitrogens with zero attached hydrogens (tertiary/aromatic N) is 4. The topological polar surface area (TPSA) is 78.8 Å². The first kappa shape index (κ1) is 10.1. The Bertz CT molecular complexity index is 237. The van der Waals surface area contributed by atoms with Crippen LogP contribution in [0, 0.1) is 0 Å². The van der Waals surface area contributed by atoms with E-state index in [2.05, 4.69) is 15.5 Å². The molecule has 0 bridgehead atoms. The summed E-state index contributed by atoms with van der Waals surface area (Å²) in [6, 6.07) is 0. The SMILES string of the molecule is COCCCn1nnnc1CCN. The molecule has 0 atom stereocenters. The Hall–Kier alpha value is -1.01. The summed E-state index contributed by atoms with van der Waals surface area (Å²) < 4.78 is 6.70. The average Bonchev–Trinajstić information content (AvgIpc) is 2.54. The maximum absolute atomic E-state index is 5.41. The third kappa shape index (κ3) is 3.08. The van der Waals surface area contributed by atoms with Crippen LogP contribution in [0.1, 0.15) is 12.2 Å². The second kappa shape index (κ2) is 5.60. The molecule has 0 amide bonds. The fourth-order valence-corrected chi connectivity index (χ4v) is 1.06. The van der Waals surface area contributed by atoms with Crippen LogP contribution < -0.4 is 5.73 Å². The van der Waals surface area contributed by atoms with Crippen molar-refractivity contribution in [2.24, 2.45) is 5.73 Å². The van der Waals surface area contributed by atoms with Gasteiger partial charge in [-0.15, -0.1) is 5.10 Å². The van der Waals surface area contributed by atoms with Gasteiger partial charge in [-0.25, -0.2) is 4.68 Å². The number of rotatable bonds is 6. The monoisotopic (exact) mass is 185 g/mol. The zero-order valence-electron chi connectivity index (χ0n) is 7.81. The second-order valence-corrected chi connectivity index (χ2v) is 2.70. The molecule has 1 rings (SSSR count). The van der Waals surface area contributed by atoms with E-state index in [9.17, 15) is 0 Å². The molecule has 0 aliphatic rings. The maximum Gasteiger partial charge on any atom is 0.152 e. The van der Waals surface area contributed by atoms with Crippen molar-refractivity contribution < 1.29 is 4.74 Å². The van der Waals surface area contributed by atoms with Gasteiger partial charge in [-0.3, -0.25) is 0 Å². The van der Waals surface area contributed by atoms with E-state index in [4.69, 9.17) is 10.5 Å². The van der Waals surface area contributed by atoms with Crippen LogP contribution in [0.4, 0.5) is 0 Å². The standard InChI is InChI=1S/C7H15N5O/c1-13-6-2-5-12-7(3-4-8)9-10-11-12/h2-6,8H2,1H3. The lowest BCUT2D eigenvalue weighted by Crippen LogP contribution is -2.12. The molecule has 0 radical (unpaired) electrons. The molecule has 0 aliphatic carbocycles. The predicted molar refractivity (Wildman–Crippen MR) is 47.1 cm³/mol. The molecule has 0 saturated heterocycles. The Morgan fingerprint density at radius 3 is 3.08 bits per heavy atom. The average molecular weight is 185 g/mol. The summed E-state index contributed by atoms with van der Waals surface area (Å²) in [6.07, 6.45) is 1.64. The van der Waals surface area contributed by atoms with Crippen molar-refractivity contribution in [3.8, 4) is 0 Å². The number of hydrogen-bond acceptors (Lipinski definition) is 5. The number of ether oxygens (including phenoxy) is 1. The van der Waals surface area contributed by atoms with Gasteiger partial charge in [0.15, 0.2) is 5.82 Å². The highest BCUT2D eigenvalue weighted by molar-refractivity contribution is 4.80. The number of aryl methyl sites for hydroxylation is 1. The zero-order valence-corrected chi connectivity index (χ0v) is 7.81. The summed E-state index contributed by atoms with van der Waals surface area (Å²) in [5, 5.41) is 11.3. The van der Waals surface area contributed by atoms with Gasteiger partial charge in [-0.2, -0.15) is 0 Å². The minimum absolute atomic E-state index is 0.574. The van der Waals surface area contributed by atoms with E-state index in [1.54, 1.807) is 11.8 Å². The van der Waals surface area contributed by atoms with Crippen molar-refractivity contribution in [3.63, 3.8) is 0 Å². The Morgan fingerprint density at radius 1 is 1.54 bits per heavy atom. The van der Waals surface area contributed by atoms with Crippen LogP contribution in [-0.2, 0) is 17.7 Å². The van der Waals surface area contributed by atoms with Gasteiger partial charge in [-0.05, 0) is 23.4 Å². The predicted octanol–water partition coefficient (Wildman–Crippen LogP) is -0.789. The number of methoxy groups -OCH3 is 1. The van der Waals surface area contributed by atoms with Crippen molar-refractivity contribution >= 4 is 0 Å². The molecular formula is C7H15N5O. The minimum Gasteiger partial charge on any atom is -0.385 e. The van der Waals surface area contributed by atoms with Crippen molar-refractivity contribution in [1.82, 2.24) is 20.2 Å². The van der Waals surface area contributed by atoms with Crippen LogP contribution in [0.15, 0.2) is 0 Å². The molecule has 2 N–H and O–H groups in total. The van der Waals surface area contributed by atoms with Crippen molar-refractivity contribution in [2.45, 2.75) is 19.4 Å². The van der Waals surface area contributed by atoms with Crippen LogP contribution >= 0.6 is 0 Å². The quantitative estimate of drug-likeness (QED) is 0.588. The van der Waals surface area contributed by atoms with Crippen molar-refractivity contribution in [3.05, 3.63) is 5.82 Å². The van der Waals surface area contributed by atoms with Gasteiger partial charge in [0.2, 0.25) is 0 Å². The molecule has 1 aromatic heterocycles. The van der Waals surface area contributed by atoms with E-state index in [1.807, 2.05) is 0 Å². The number of nitrogens with two attached hydrogens (primary N) is 1. The van der Waals surface area contributed by atoms with Gasteiger partial charge in [0.05, 0.1) is 0 Å². The van der Waals surface area contributed by atoms with E-state index in [1.165, 1.54) is 0 Å². The Labute approximate surface area is 77.1 Å². The highest BCUT2D eigenvalue weighted by atomic mass is 16.5. The number of tetrazole rings is 1. The fraction of sp³-hybridized carbons (Fsp3) is 0.857. The summed E-state index contributed by atoms with van der Waals surface area (Å²) in [5.74, 6) is 0.846. The summed E-state index contributed by atoms with van der Waals surface area (Å²) in [7, 11) is 1.68. The first-order valence-electron chi connectivity index (χ1n) is 4.32. The van der Waals surface area contributed by atoms with Gasteiger partial charge < -0.3 is 10.5 Å². The van der Waals surface area contributed by atoms with Crippen LogP contribution in [0.25, 0.3) is 0 Å². The van der Waals surface area contributed by atoms with E-state index in [0.29, 0.717) is 6.54 Å². The molecule has 1 heterocycles. The summed E-state index contributed by atoms with van der Waals surface area (Å²) in [4.78, 5) is 0. The van der Waals surface area contributed by atoms with Gasteiger partial charge in [0, 0.05) is 26.7 Å². The van der Waals surface area contributed by atoms with Gasteiger partial charge >= 0.3 is 0 Å². The molecule has 0 saturated carbocycles. The summed E-state index contributed by atoms with van der Waals surface area (Å²) in [6.45, 7) is 2.09. The molecule has 13 heavy (non-hydrogen) atoms. The molecule has 1 aromatic rings. The smallest absolute Gasteiger partial charge is 0.152 e. The molecule has 74 valence electrons. The van der Waals surface area contributed by atoms with Crippen LogP contribution in [-0.4, -0.2) is 40.5 Å². The normalized spacial score (nSPS) is 10.6. The zero-order chi connectivity index (χ0) is 9.52. The molecule has 0 spiro atoms. The summed E-state index contributed by atoms with van der Waals surface area (Å²) >= 11 is 0. The van der Waals surface area contributed by atoms with E-state index >= 15 is 0 Å². The van der Waals surface area contributed by atoms with Crippen LogP contribution in [0.3, 0.4) is 0 Å². The maximum atomic E-state index is 5.41.